The topological polar surface area (TPSA) is 108 Å². The molecule has 8 heteroatoms. The number of fused-ring (bicyclic) bond motifs is 2. The summed E-state index contributed by atoms with van der Waals surface area (Å²) in [5.41, 5.74) is 2.83. The number of pyridine rings is 1. The van der Waals surface area contributed by atoms with E-state index in [0.29, 0.717) is 24.6 Å². The number of H-pyrrole nitrogens is 2. The summed E-state index contributed by atoms with van der Waals surface area (Å²) < 4.78 is 0. The summed E-state index contributed by atoms with van der Waals surface area (Å²) in [4.78, 5) is 46.4. The predicted octanol–water partition coefficient (Wildman–Crippen LogP) is 1.98. The number of carbonyl (C=O) groups is 1. The van der Waals surface area contributed by atoms with Gasteiger partial charge in [-0.2, -0.15) is 0 Å². The lowest BCUT2D eigenvalue weighted by Crippen LogP contribution is -2.45. The summed E-state index contributed by atoms with van der Waals surface area (Å²) in [7, 11) is 0. The lowest BCUT2D eigenvalue weighted by molar-refractivity contribution is 0.0658. The monoisotopic (exact) mass is 390 g/mol. The highest BCUT2D eigenvalue weighted by atomic mass is 16.2. The number of nitrogens with one attached hydrogen (secondary N) is 2. The van der Waals surface area contributed by atoms with Gasteiger partial charge in [0.1, 0.15) is 17.3 Å². The zero-order chi connectivity index (χ0) is 20.0. The molecule has 148 valence electrons. The Morgan fingerprint density at radius 3 is 2.69 bits per heavy atom. The fourth-order valence-corrected chi connectivity index (χ4v) is 4.62. The average Bonchev–Trinajstić information content (AvgIpc) is 3.33. The van der Waals surface area contributed by atoms with Crippen molar-refractivity contribution in [1.29, 1.82) is 0 Å². The van der Waals surface area contributed by atoms with Crippen LogP contribution in [0.1, 0.15) is 46.8 Å². The van der Waals surface area contributed by atoms with Gasteiger partial charge in [-0.25, -0.2) is 9.97 Å². The summed E-state index contributed by atoms with van der Waals surface area (Å²) in [6.45, 7) is 3.13. The third-order valence-electron chi connectivity index (χ3n) is 6.25. The van der Waals surface area contributed by atoms with E-state index in [-0.39, 0.29) is 16.9 Å². The van der Waals surface area contributed by atoms with Crippen molar-refractivity contribution in [2.75, 3.05) is 13.1 Å². The maximum absolute atomic E-state index is 12.7. The maximum atomic E-state index is 12.7. The molecule has 8 nitrogen and oxygen atoms in total. The number of likely N-dealkylation sites (tertiary alicyclic amines) is 1. The molecule has 5 rings (SSSR count). The molecule has 0 atom stereocenters. The van der Waals surface area contributed by atoms with Crippen molar-refractivity contribution < 1.29 is 4.79 Å². The highest BCUT2D eigenvalue weighted by Gasteiger charge is 2.44. The van der Waals surface area contributed by atoms with Crippen LogP contribution in [-0.4, -0.2) is 48.8 Å². The smallest absolute Gasteiger partial charge is 0.271 e. The highest BCUT2D eigenvalue weighted by Crippen LogP contribution is 2.44. The second-order valence-electron chi connectivity index (χ2n) is 7.94. The van der Waals surface area contributed by atoms with E-state index < -0.39 is 0 Å². The van der Waals surface area contributed by atoms with E-state index >= 15 is 0 Å². The largest absolute Gasteiger partial charge is 0.338 e. The molecule has 4 heterocycles. The molecule has 1 spiro atoms. The Hall–Kier alpha value is -3.29. The van der Waals surface area contributed by atoms with Crippen LogP contribution >= 0.6 is 0 Å². The van der Waals surface area contributed by atoms with Gasteiger partial charge in [0.15, 0.2) is 0 Å². The quantitative estimate of drug-likeness (QED) is 0.696. The number of nitrogens with zero attached hydrogens (tertiary/aromatic N) is 4. The van der Waals surface area contributed by atoms with Gasteiger partial charge in [0, 0.05) is 42.0 Å². The summed E-state index contributed by atoms with van der Waals surface area (Å²) in [5, 5.41) is 0. The average molecular weight is 390 g/mol. The first-order valence-electron chi connectivity index (χ1n) is 9.91. The molecule has 0 radical (unpaired) electrons. The molecule has 1 amide bonds. The molecule has 1 fully saturated rings. The normalized spacial score (nSPS) is 17.5. The van der Waals surface area contributed by atoms with Crippen LogP contribution in [-0.2, 0) is 11.8 Å². The van der Waals surface area contributed by atoms with Crippen LogP contribution in [0.3, 0.4) is 0 Å². The first-order chi connectivity index (χ1) is 14.1. The van der Waals surface area contributed by atoms with E-state index in [1.54, 1.807) is 18.6 Å². The van der Waals surface area contributed by atoms with E-state index in [9.17, 15) is 9.59 Å². The molecule has 0 aromatic carbocycles. The Bertz CT molecular complexity index is 1130. The molecule has 1 aliphatic carbocycles. The second kappa shape index (κ2) is 6.65. The Morgan fingerprint density at radius 2 is 2.00 bits per heavy atom. The molecule has 0 unspecified atom stereocenters. The first-order valence-corrected chi connectivity index (χ1v) is 9.91. The molecule has 0 saturated carbocycles. The first kappa shape index (κ1) is 17.8. The van der Waals surface area contributed by atoms with Gasteiger partial charge < -0.3 is 14.9 Å². The van der Waals surface area contributed by atoms with Crippen LogP contribution in [0.2, 0.25) is 0 Å². The van der Waals surface area contributed by atoms with Crippen molar-refractivity contribution in [2.24, 2.45) is 0 Å². The fraction of sp³-hybridized carbons (Fsp3) is 0.381. The number of carbonyl (C=O) groups excluding carboxylic acids is 1. The lowest BCUT2D eigenvalue weighted by Gasteiger charge is -2.39. The number of amides is 1. The zero-order valence-electron chi connectivity index (χ0n) is 16.2. The Kier molecular flexibility index (Phi) is 4.08. The number of rotatable bonds is 2. The number of aromatic amines is 2. The van der Waals surface area contributed by atoms with Gasteiger partial charge in [0.25, 0.3) is 11.5 Å². The second-order valence-corrected chi connectivity index (χ2v) is 7.94. The SMILES string of the molecule is Cc1ncc(C(=O)N2CCC3(CCc4c3nc(-c3cccnc3)[nH]c4=O)CC2)[nH]1. The van der Waals surface area contributed by atoms with Crippen molar-refractivity contribution in [3.63, 3.8) is 0 Å². The predicted molar refractivity (Wildman–Crippen MR) is 107 cm³/mol. The van der Waals surface area contributed by atoms with E-state index in [4.69, 9.17) is 4.98 Å². The van der Waals surface area contributed by atoms with Gasteiger partial charge in [-0.05, 0) is 44.7 Å². The summed E-state index contributed by atoms with van der Waals surface area (Å²) in [5.74, 6) is 1.28. The fourth-order valence-electron chi connectivity index (χ4n) is 4.62. The van der Waals surface area contributed by atoms with Gasteiger partial charge in [-0.1, -0.05) is 0 Å². The van der Waals surface area contributed by atoms with Crippen molar-refractivity contribution in [3.05, 3.63) is 63.9 Å². The van der Waals surface area contributed by atoms with Crippen LogP contribution < -0.4 is 5.56 Å². The molecular weight excluding hydrogens is 368 g/mol. The van der Waals surface area contributed by atoms with Crippen molar-refractivity contribution in [1.82, 2.24) is 29.8 Å². The van der Waals surface area contributed by atoms with Crippen molar-refractivity contribution in [3.8, 4) is 11.4 Å². The molecule has 1 saturated heterocycles. The van der Waals surface area contributed by atoms with Crippen LogP contribution in [0, 0.1) is 6.92 Å². The molecule has 3 aromatic rings. The van der Waals surface area contributed by atoms with Crippen LogP contribution in [0.4, 0.5) is 0 Å². The van der Waals surface area contributed by atoms with Gasteiger partial charge in [0.05, 0.1) is 11.9 Å². The van der Waals surface area contributed by atoms with Crippen LogP contribution in [0.5, 0.6) is 0 Å². The minimum absolute atomic E-state index is 0.0198. The van der Waals surface area contributed by atoms with Gasteiger partial charge in [0.2, 0.25) is 0 Å². The van der Waals surface area contributed by atoms with Crippen LogP contribution in [0.25, 0.3) is 11.4 Å². The number of aromatic nitrogens is 5. The highest BCUT2D eigenvalue weighted by molar-refractivity contribution is 5.92. The molecular formula is C21H22N6O2. The standard InChI is InChI=1S/C21H22N6O2/c1-13-23-12-16(24-13)20(29)27-9-6-21(7-10-27)5-4-15-17(21)25-18(26-19(15)28)14-3-2-8-22-11-14/h2-3,8,11-12H,4-7,9-10H2,1H3,(H,23,24)(H,25,26,28). The Balaban J connectivity index is 1.42. The van der Waals surface area contributed by atoms with E-state index in [1.807, 2.05) is 24.0 Å². The number of imidazole rings is 1. The lowest BCUT2D eigenvalue weighted by atomic mass is 9.76. The minimum atomic E-state index is -0.138. The number of hydrogen-bond acceptors (Lipinski definition) is 5. The van der Waals surface area contributed by atoms with Gasteiger partial charge in [-0.3, -0.25) is 14.6 Å². The van der Waals surface area contributed by atoms with Gasteiger partial charge in [-0.15, -0.1) is 0 Å². The maximum Gasteiger partial charge on any atom is 0.271 e. The molecule has 2 aliphatic rings. The van der Waals surface area contributed by atoms with E-state index in [0.717, 1.165) is 48.3 Å². The van der Waals surface area contributed by atoms with E-state index in [2.05, 4.69) is 19.9 Å². The summed E-state index contributed by atoms with van der Waals surface area (Å²) in [6, 6.07) is 3.73. The van der Waals surface area contributed by atoms with Gasteiger partial charge >= 0.3 is 0 Å². The van der Waals surface area contributed by atoms with Crippen molar-refractivity contribution >= 4 is 5.91 Å². The summed E-state index contributed by atoms with van der Waals surface area (Å²) >= 11 is 0. The third kappa shape index (κ3) is 2.95. The number of piperidine rings is 1. The zero-order valence-corrected chi connectivity index (χ0v) is 16.2. The third-order valence-corrected chi connectivity index (χ3v) is 6.25. The minimum Gasteiger partial charge on any atom is -0.338 e. The number of hydrogen-bond donors (Lipinski definition) is 2. The van der Waals surface area contributed by atoms with Crippen LogP contribution in [0.15, 0.2) is 35.5 Å². The Labute approximate surface area is 167 Å². The molecule has 29 heavy (non-hydrogen) atoms. The summed E-state index contributed by atoms with van der Waals surface area (Å²) in [6.07, 6.45) is 8.25. The number of aryl methyl sites for hydroxylation is 1. The molecule has 2 N–H and O–H groups in total. The molecule has 0 bridgehead atoms. The Morgan fingerprint density at radius 1 is 1.17 bits per heavy atom. The molecule has 3 aromatic heterocycles. The van der Waals surface area contributed by atoms with E-state index in [1.165, 1.54) is 0 Å². The molecule has 1 aliphatic heterocycles. The van der Waals surface area contributed by atoms with Crippen molar-refractivity contribution in [2.45, 2.75) is 38.0 Å².